The molecule has 0 bridgehead atoms. The Morgan fingerprint density at radius 3 is 1.56 bits per heavy atom. The average molecular weight is 1200 g/mol. The molecule has 2 amide bonds. The number of carbonyl (C=O) groups excluding carboxylic acids is 4. The zero-order valence-corrected chi connectivity index (χ0v) is 46.5. The van der Waals surface area contributed by atoms with Gasteiger partial charge in [0.1, 0.15) is 28.3 Å². The highest BCUT2D eigenvalue weighted by molar-refractivity contribution is 14.1. The van der Waals surface area contributed by atoms with Crippen LogP contribution >= 0.6 is 45.7 Å². The maximum absolute atomic E-state index is 15.2. The van der Waals surface area contributed by atoms with Crippen LogP contribution in [0.25, 0.3) is 0 Å². The van der Waals surface area contributed by atoms with Crippen molar-refractivity contribution in [1.29, 1.82) is 0 Å². The third kappa shape index (κ3) is 11.0. The molecule has 1 aliphatic carbocycles. The summed E-state index contributed by atoms with van der Waals surface area (Å²) >= 11 is 4.92. The number of ether oxygens (including phenoxy) is 2. The first-order valence-corrected chi connectivity index (χ1v) is 29.5. The lowest BCUT2D eigenvalue weighted by Crippen LogP contribution is -2.71. The van der Waals surface area contributed by atoms with Gasteiger partial charge < -0.3 is 24.9 Å². The van der Waals surface area contributed by atoms with Crippen molar-refractivity contribution in [2.24, 2.45) is 5.16 Å². The standard InChI is InChI=1S/C64H54IN5O7S2/c65-40-47-41-78-59-53(58(72)70(59)54(47)60(73)75-55(43-24-8-1-9-25-43)44-26-10-2-11-27-44)67-57(71)52(69-77-63(38-22-23-39-63)61(74)76-56(45-28-12-3-13-29-45)46-30-14-4-15-31-46)51-42-79-62(66-51)68-64(48-32-16-5-17-33-48,49-34-18-6-19-35-49)50-36-20-7-21-37-50/h1-21,24-37,42,53,55-56,59H,22-23,38-41H2,(H,66,68)(H,67,71)/t53?,59-/m0/s1. The van der Waals surface area contributed by atoms with Crippen LogP contribution in [0.5, 0.6) is 0 Å². The molecule has 1 saturated heterocycles. The summed E-state index contributed by atoms with van der Waals surface area (Å²) in [5, 5.41) is 12.9. The van der Waals surface area contributed by atoms with Crippen molar-refractivity contribution < 1.29 is 33.5 Å². The highest BCUT2D eigenvalue weighted by Gasteiger charge is 2.55. The Morgan fingerprint density at radius 2 is 1.10 bits per heavy atom. The van der Waals surface area contributed by atoms with Crippen LogP contribution in [0.4, 0.5) is 5.13 Å². The zero-order chi connectivity index (χ0) is 54.2. The number of fused-ring (bicyclic) bond motifs is 1. The molecule has 0 spiro atoms. The Morgan fingerprint density at radius 1 is 0.658 bits per heavy atom. The van der Waals surface area contributed by atoms with Crippen molar-refractivity contribution in [2.75, 3.05) is 15.5 Å². The lowest BCUT2D eigenvalue weighted by molar-refractivity contribution is -0.176. The highest BCUT2D eigenvalue weighted by Crippen LogP contribution is 2.44. The van der Waals surface area contributed by atoms with Gasteiger partial charge in [-0.1, -0.05) is 240 Å². The fourth-order valence-corrected chi connectivity index (χ4v) is 13.6. The molecule has 11 rings (SSSR count). The van der Waals surface area contributed by atoms with Crippen LogP contribution < -0.4 is 10.6 Å². The van der Waals surface area contributed by atoms with Crippen LogP contribution in [0.15, 0.2) is 234 Å². The number of alkyl halides is 1. The molecular formula is C64H54IN5O7S2. The van der Waals surface area contributed by atoms with Gasteiger partial charge in [0.15, 0.2) is 23.1 Å². The van der Waals surface area contributed by atoms with Crippen molar-refractivity contribution in [3.63, 3.8) is 0 Å². The smallest absolute Gasteiger partial charge is 0.356 e. The second-order valence-electron chi connectivity index (χ2n) is 19.4. The maximum Gasteiger partial charge on any atom is 0.356 e. The molecule has 3 heterocycles. The summed E-state index contributed by atoms with van der Waals surface area (Å²) in [4.78, 5) is 72.0. The van der Waals surface area contributed by atoms with E-state index in [1.54, 1.807) is 5.38 Å². The van der Waals surface area contributed by atoms with E-state index in [2.05, 4.69) is 74.8 Å². The largest absolute Gasteiger partial charge is 0.450 e. The van der Waals surface area contributed by atoms with Gasteiger partial charge in [0.25, 0.3) is 11.8 Å². The van der Waals surface area contributed by atoms with Gasteiger partial charge in [-0.25, -0.2) is 14.6 Å². The molecule has 2 aliphatic heterocycles. The van der Waals surface area contributed by atoms with E-state index < -0.39 is 58.5 Å². The minimum atomic E-state index is -1.55. The Kier molecular flexibility index (Phi) is 16.2. The van der Waals surface area contributed by atoms with E-state index in [1.165, 1.54) is 28.0 Å². The second kappa shape index (κ2) is 24.0. The van der Waals surface area contributed by atoms with E-state index in [9.17, 15) is 14.4 Å². The summed E-state index contributed by atoms with van der Waals surface area (Å²) < 4.78 is 13.2. The van der Waals surface area contributed by atoms with Crippen molar-refractivity contribution in [1.82, 2.24) is 15.2 Å². The molecule has 2 fully saturated rings. The quantitative estimate of drug-likeness (QED) is 0.0152. The number of nitrogens with zero attached hydrogens (tertiary/aromatic N) is 3. The van der Waals surface area contributed by atoms with Gasteiger partial charge in [-0.3, -0.25) is 14.5 Å². The molecule has 15 heteroatoms. The first-order chi connectivity index (χ1) is 38.8. The molecule has 1 unspecified atom stereocenters. The molecule has 3 aliphatic rings. The number of thiazole rings is 1. The lowest BCUT2D eigenvalue weighted by atomic mass is 9.77. The van der Waals surface area contributed by atoms with E-state index >= 15 is 4.79 Å². The summed E-state index contributed by atoms with van der Waals surface area (Å²) in [6.45, 7) is 0. The number of thioether (sulfide) groups is 1. The number of anilines is 1. The normalized spacial score (nSPS) is 16.9. The van der Waals surface area contributed by atoms with Crippen molar-refractivity contribution in [2.45, 2.75) is 60.4 Å². The first kappa shape index (κ1) is 53.2. The third-order valence-corrected chi connectivity index (χ3v) is 17.5. The van der Waals surface area contributed by atoms with E-state index in [1.807, 2.05) is 176 Å². The predicted octanol–water partition coefficient (Wildman–Crippen LogP) is 12.3. The topological polar surface area (TPSA) is 149 Å². The van der Waals surface area contributed by atoms with Gasteiger partial charge in [-0.2, -0.15) is 0 Å². The van der Waals surface area contributed by atoms with Crippen molar-refractivity contribution in [3.05, 3.63) is 274 Å². The third-order valence-electron chi connectivity index (χ3n) is 14.5. The molecule has 7 aromatic carbocycles. The van der Waals surface area contributed by atoms with Crippen LogP contribution in [-0.2, 0) is 39.0 Å². The fraction of sp³-hybridized carbons (Fsp3) is 0.188. The molecular weight excluding hydrogens is 1140 g/mol. The number of rotatable bonds is 19. The second-order valence-corrected chi connectivity index (χ2v) is 22.1. The number of aromatic nitrogens is 1. The van der Waals surface area contributed by atoms with Gasteiger partial charge >= 0.3 is 11.9 Å². The minimum Gasteiger partial charge on any atom is -0.450 e. The van der Waals surface area contributed by atoms with Gasteiger partial charge in [0.2, 0.25) is 5.60 Å². The van der Waals surface area contributed by atoms with E-state index in [-0.39, 0.29) is 29.9 Å². The van der Waals surface area contributed by atoms with E-state index in [4.69, 9.17) is 19.3 Å². The SMILES string of the molecule is O=C(NC1C(=O)N2C(C(=O)OC(c3ccccc3)c3ccccc3)=C(CI)CS[C@@H]12)C(=NOC1(C(=O)OC(c2ccccc2)c2ccccc2)CCCC1)c1csc(NC(c2ccccc2)(c2ccccc2)c2ccccc2)n1. The van der Waals surface area contributed by atoms with Gasteiger partial charge in [0, 0.05) is 28.4 Å². The van der Waals surface area contributed by atoms with Gasteiger partial charge in [-0.15, -0.1) is 23.1 Å². The summed E-state index contributed by atoms with van der Waals surface area (Å²) in [6.07, 6.45) is 0.383. The fourth-order valence-electron chi connectivity index (χ4n) is 10.5. The average Bonchev–Trinajstić information content (AvgIpc) is 4.35. The van der Waals surface area contributed by atoms with E-state index in [0.29, 0.717) is 28.2 Å². The number of esters is 2. The number of nitrogens with one attached hydrogen (secondary N) is 2. The predicted molar refractivity (Wildman–Crippen MR) is 316 cm³/mol. The van der Waals surface area contributed by atoms with Crippen molar-refractivity contribution >= 4 is 80.3 Å². The summed E-state index contributed by atoms with van der Waals surface area (Å²) in [5.74, 6) is -2.08. The molecule has 2 atom stereocenters. The van der Waals surface area contributed by atoms with Crippen LogP contribution in [0.2, 0.25) is 0 Å². The maximum atomic E-state index is 15.2. The van der Waals surface area contributed by atoms with Crippen LogP contribution in [-0.4, -0.2) is 66.5 Å². The number of carbonyl (C=O) groups is 4. The van der Waals surface area contributed by atoms with Crippen LogP contribution in [0, 0.1) is 0 Å². The molecule has 0 radical (unpaired) electrons. The Hall–Kier alpha value is -7.86. The molecule has 1 aromatic heterocycles. The molecule has 79 heavy (non-hydrogen) atoms. The van der Waals surface area contributed by atoms with Crippen LogP contribution in [0.3, 0.4) is 0 Å². The number of hydrogen-bond acceptors (Lipinski definition) is 12. The molecule has 396 valence electrons. The Bertz CT molecular complexity index is 3300. The van der Waals surface area contributed by atoms with Gasteiger partial charge in [0.05, 0.1) is 0 Å². The minimum absolute atomic E-state index is 0.144. The monoisotopic (exact) mass is 1200 g/mol. The molecule has 1 saturated carbocycles. The van der Waals surface area contributed by atoms with Gasteiger partial charge in [-0.05, 0) is 57.4 Å². The Balaban J connectivity index is 0.929. The number of hydrogen-bond donors (Lipinski definition) is 2. The number of benzene rings is 7. The number of oxime groups is 1. The zero-order valence-electron chi connectivity index (χ0n) is 42.7. The van der Waals surface area contributed by atoms with E-state index in [0.717, 1.165) is 44.5 Å². The van der Waals surface area contributed by atoms with Crippen molar-refractivity contribution in [3.8, 4) is 0 Å². The molecule has 2 N–H and O–H groups in total. The molecule has 8 aromatic rings. The lowest BCUT2D eigenvalue weighted by Gasteiger charge is -2.49. The number of β-lactam (4-membered cyclic amide) rings is 1. The van der Waals surface area contributed by atoms with Crippen LogP contribution in [0.1, 0.15) is 82.5 Å². The first-order valence-electron chi connectivity index (χ1n) is 26.1. The number of halogens is 1. The number of amides is 2. The summed E-state index contributed by atoms with van der Waals surface area (Å²) in [5.41, 5.74) is 4.26. The Labute approximate surface area is 480 Å². The summed E-state index contributed by atoms with van der Waals surface area (Å²) in [6, 6.07) is 67.2. The summed E-state index contributed by atoms with van der Waals surface area (Å²) in [7, 11) is 0. The molecule has 12 nitrogen and oxygen atoms in total. The highest BCUT2D eigenvalue weighted by atomic mass is 127.